The number of nitrogens with zero attached hydrogens (tertiary/aromatic N) is 2. The number of alkyl halides is 3. The largest absolute Gasteiger partial charge is 0.417 e. The number of anilines is 1. The lowest BCUT2D eigenvalue weighted by Crippen LogP contribution is -2.53. The molecule has 0 saturated heterocycles. The standard InChI is InChI=1S/C34H33ClF3N3O4S/c1-3-39-33(43)31(20-25-10-6-4-7-11-25)40(22-26-16-14-24(2)15-17-26)32(42)23-41(46(44,45)28-12-8-5-9-13-28)27-18-19-30(35)29(21-27)34(36,37)38/h4-19,21,31H,3,20,22-23H2,1-2H3,(H,39,43). The van der Waals surface area contributed by atoms with Crippen LogP contribution in [0.3, 0.4) is 0 Å². The molecule has 4 aromatic rings. The van der Waals surface area contributed by atoms with Gasteiger partial charge in [-0.2, -0.15) is 13.2 Å². The van der Waals surface area contributed by atoms with Crippen LogP contribution in [0.2, 0.25) is 5.02 Å². The van der Waals surface area contributed by atoms with Gasteiger partial charge in [0.15, 0.2) is 0 Å². The van der Waals surface area contributed by atoms with Crippen LogP contribution >= 0.6 is 11.6 Å². The van der Waals surface area contributed by atoms with Crippen molar-refractivity contribution in [3.63, 3.8) is 0 Å². The van der Waals surface area contributed by atoms with E-state index in [1.54, 1.807) is 49.4 Å². The van der Waals surface area contributed by atoms with Crippen molar-refractivity contribution >= 4 is 39.1 Å². The van der Waals surface area contributed by atoms with Crippen molar-refractivity contribution in [2.24, 2.45) is 0 Å². The number of hydrogen-bond donors (Lipinski definition) is 1. The number of rotatable bonds is 12. The SMILES string of the molecule is CCNC(=O)C(Cc1ccccc1)N(Cc1ccc(C)cc1)C(=O)CN(c1ccc(Cl)c(C(F)(F)F)c1)S(=O)(=O)c1ccccc1. The zero-order chi connectivity index (χ0) is 33.5. The Hall–Kier alpha value is -4.35. The molecule has 0 aromatic heterocycles. The topological polar surface area (TPSA) is 86.8 Å². The van der Waals surface area contributed by atoms with Crippen LogP contribution in [0.5, 0.6) is 0 Å². The van der Waals surface area contributed by atoms with Crippen molar-refractivity contribution in [3.05, 3.63) is 130 Å². The average Bonchev–Trinajstić information content (AvgIpc) is 3.03. The number of benzene rings is 4. The minimum atomic E-state index is -4.89. The number of sulfonamides is 1. The smallest absolute Gasteiger partial charge is 0.355 e. The molecular weight excluding hydrogens is 639 g/mol. The molecule has 7 nitrogen and oxygen atoms in total. The van der Waals surface area contributed by atoms with Gasteiger partial charge >= 0.3 is 6.18 Å². The molecule has 4 rings (SSSR count). The summed E-state index contributed by atoms with van der Waals surface area (Å²) in [4.78, 5) is 28.9. The minimum Gasteiger partial charge on any atom is -0.355 e. The fourth-order valence-electron chi connectivity index (χ4n) is 4.87. The quantitative estimate of drug-likeness (QED) is 0.183. The molecular formula is C34H33ClF3N3O4S. The molecule has 0 aliphatic heterocycles. The molecule has 0 saturated carbocycles. The first-order valence-electron chi connectivity index (χ1n) is 14.4. The predicted octanol–water partition coefficient (Wildman–Crippen LogP) is 6.64. The number of hydrogen-bond acceptors (Lipinski definition) is 4. The monoisotopic (exact) mass is 671 g/mol. The van der Waals surface area contributed by atoms with Crippen molar-refractivity contribution in [3.8, 4) is 0 Å². The van der Waals surface area contributed by atoms with Crippen molar-refractivity contribution in [1.29, 1.82) is 0 Å². The summed E-state index contributed by atoms with van der Waals surface area (Å²) >= 11 is 5.85. The van der Waals surface area contributed by atoms with Gasteiger partial charge in [-0.15, -0.1) is 0 Å². The van der Waals surface area contributed by atoms with E-state index in [0.29, 0.717) is 15.9 Å². The maximum absolute atomic E-state index is 14.4. The Kier molecular flexibility index (Phi) is 11.1. The van der Waals surface area contributed by atoms with E-state index in [0.717, 1.165) is 23.3 Å². The van der Waals surface area contributed by atoms with Gasteiger partial charge in [0, 0.05) is 19.5 Å². The Labute approximate surface area is 271 Å². The lowest BCUT2D eigenvalue weighted by molar-refractivity contribution is -0.140. The molecule has 0 bridgehead atoms. The van der Waals surface area contributed by atoms with Gasteiger partial charge in [-0.25, -0.2) is 8.42 Å². The van der Waals surface area contributed by atoms with Crippen molar-refractivity contribution in [2.45, 2.75) is 43.9 Å². The second-order valence-corrected chi connectivity index (χ2v) is 12.9. The van der Waals surface area contributed by atoms with Crippen LogP contribution in [0.15, 0.2) is 108 Å². The number of halogens is 4. The first kappa shape index (κ1) is 34.5. The third-order valence-electron chi connectivity index (χ3n) is 7.25. The lowest BCUT2D eigenvalue weighted by atomic mass is 10.0. The second-order valence-electron chi connectivity index (χ2n) is 10.6. The third kappa shape index (κ3) is 8.46. The summed E-state index contributed by atoms with van der Waals surface area (Å²) < 4.78 is 70.2. The van der Waals surface area contributed by atoms with E-state index >= 15 is 0 Å². The molecule has 4 aromatic carbocycles. The first-order valence-corrected chi connectivity index (χ1v) is 16.2. The summed E-state index contributed by atoms with van der Waals surface area (Å²) in [5, 5.41) is 2.14. The van der Waals surface area contributed by atoms with Crippen LogP contribution in [0.25, 0.3) is 0 Å². The zero-order valence-corrected chi connectivity index (χ0v) is 26.7. The highest BCUT2D eigenvalue weighted by molar-refractivity contribution is 7.92. The van der Waals surface area contributed by atoms with E-state index in [9.17, 15) is 31.2 Å². The minimum absolute atomic E-state index is 0.0681. The van der Waals surface area contributed by atoms with E-state index in [1.807, 2.05) is 25.1 Å². The van der Waals surface area contributed by atoms with E-state index in [-0.39, 0.29) is 24.4 Å². The number of nitrogens with one attached hydrogen (secondary N) is 1. The van der Waals surface area contributed by atoms with Crippen LogP contribution in [0.4, 0.5) is 18.9 Å². The molecule has 12 heteroatoms. The maximum Gasteiger partial charge on any atom is 0.417 e. The van der Waals surface area contributed by atoms with Crippen LogP contribution in [-0.2, 0) is 38.8 Å². The van der Waals surface area contributed by atoms with Crippen LogP contribution in [-0.4, -0.2) is 44.3 Å². The van der Waals surface area contributed by atoms with Crippen LogP contribution < -0.4 is 9.62 Å². The summed E-state index contributed by atoms with van der Waals surface area (Å²) in [6.07, 6.45) is -4.79. The molecule has 2 amide bonds. The van der Waals surface area contributed by atoms with Gasteiger partial charge < -0.3 is 10.2 Å². The molecule has 0 spiro atoms. The van der Waals surface area contributed by atoms with Crippen molar-refractivity contribution < 1.29 is 31.2 Å². The Morgan fingerprint density at radius 1 is 0.870 bits per heavy atom. The fourth-order valence-corrected chi connectivity index (χ4v) is 6.52. The van der Waals surface area contributed by atoms with E-state index < -0.39 is 56.9 Å². The van der Waals surface area contributed by atoms with Gasteiger partial charge in [-0.05, 0) is 55.3 Å². The van der Waals surface area contributed by atoms with Crippen LogP contribution in [0.1, 0.15) is 29.2 Å². The predicted molar refractivity (Wildman–Crippen MR) is 172 cm³/mol. The molecule has 0 heterocycles. The van der Waals surface area contributed by atoms with Crippen molar-refractivity contribution in [1.82, 2.24) is 10.2 Å². The maximum atomic E-state index is 14.4. The number of carbonyl (C=O) groups excluding carboxylic acids is 2. The van der Waals surface area contributed by atoms with Crippen LogP contribution in [0, 0.1) is 6.92 Å². The van der Waals surface area contributed by atoms with Gasteiger partial charge in [-0.1, -0.05) is 90.0 Å². The van der Waals surface area contributed by atoms with Gasteiger partial charge in [0.05, 0.1) is 21.2 Å². The molecule has 0 aliphatic carbocycles. The van der Waals surface area contributed by atoms with E-state index in [4.69, 9.17) is 11.6 Å². The lowest BCUT2D eigenvalue weighted by Gasteiger charge is -2.34. The van der Waals surface area contributed by atoms with Gasteiger partial charge in [0.1, 0.15) is 12.6 Å². The second kappa shape index (κ2) is 14.8. The molecule has 0 fully saturated rings. The van der Waals surface area contributed by atoms with E-state index in [1.165, 1.54) is 29.2 Å². The molecule has 242 valence electrons. The summed E-state index contributed by atoms with van der Waals surface area (Å²) in [5.41, 5.74) is 0.718. The Balaban J connectivity index is 1.84. The number of likely N-dealkylation sites (N-methyl/N-ethyl adjacent to an activating group) is 1. The summed E-state index contributed by atoms with van der Waals surface area (Å²) in [5.74, 6) is -1.26. The Bertz CT molecular complexity index is 1750. The molecule has 46 heavy (non-hydrogen) atoms. The Morgan fingerprint density at radius 3 is 2.07 bits per heavy atom. The average molecular weight is 672 g/mol. The summed E-state index contributed by atoms with van der Waals surface area (Å²) in [6, 6.07) is 24.9. The molecule has 1 atom stereocenters. The fraction of sp³-hybridized carbons (Fsp3) is 0.235. The number of carbonyl (C=O) groups is 2. The highest BCUT2D eigenvalue weighted by Crippen LogP contribution is 2.38. The number of amides is 2. The van der Waals surface area contributed by atoms with E-state index in [2.05, 4.69) is 5.32 Å². The normalized spacial score (nSPS) is 12.3. The first-order chi connectivity index (χ1) is 21.8. The van der Waals surface area contributed by atoms with Gasteiger partial charge in [-0.3, -0.25) is 13.9 Å². The molecule has 1 N–H and O–H groups in total. The Morgan fingerprint density at radius 2 is 1.48 bits per heavy atom. The van der Waals surface area contributed by atoms with Gasteiger partial charge in [0.25, 0.3) is 10.0 Å². The third-order valence-corrected chi connectivity index (χ3v) is 9.37. The molecule has 0 radical (unpaired) electrons. The number of aryl methyl sites for hydroxylation is 1. The zero-order valence-electron chi connectivity index (χ0n) is 25.2. The van der Waals surface area contributed by atoms with Crippen molar-refractivity contribution in [2.75, 3.05) is 17.4 Å². The summed E-state index contributed by atoms with van der Waals surface area (Å²) in [6.45, 7) is 2.94. The summed E-state index contributed by atoms with van der Waals surface area (Å²) in [7, 11) is -4.58. The molecule has 1 unspecified atom stereocenters. The molecule has 0 aliphatic rings. The highest BCUT2D eigenvalue weighted by atomic mass is 35.5. The van der Waals surface area contributed by atoms with Gasteiger partial charge in [0.2, 0.25) is 11.8 Å². The highest BCUT2D eigenvalue weighted by Gasteiger charge is 2.37.